The Morgan fingerprint density at radius 2 is 1.79 bits per heavy atom. The number of fused-ring (bicyclic) bond motifs is 1. The number of hydrogen-bond acceptors (Lipinski definition) is 3. The summed E-state index contributed by atoms with van der Waals surface area (Å²) in [5, 5.41) is 7.18. The molecule has 2 aromatic carbocycles. The number of hydrogen-bond donors (Lipinski definition) is 2. The summed E-state index contributed by atoms with van der Waals surface area (Å²) in [6.07, 6.45) is 3.33. The molecule has 0 aromatic heterocycles. The predicted molar refractivity (Wildman–Crippen MR) is 119 cm³/mol. The fourth-order valence-electron chi connectivity index (χ4n) is 4.31. The normalized spacial score (nSPS) is 20.6. The average Bonchev–Trinajstić information content (AvgIpc) is 2.78. The van der Waals surface area contributed by atoms with Crippen molar-refractivity contribution in [3.63, 3.8) is 0 Å². The topological polar surface area (TPSA) is 48.9 Å². The monoisotopic (exact) mass is 392 g/mol. The molecule has 4 rings (SSSR count). The van der Waals surface area contributed by atoms with Gasteiger partial charge in [0.2, 0.25) is 0 Å². The van der Waals surface area contributed by atoms with Gasteiger partial charge in [-0.3, -0.25) is 9.89 Å². The van der Waals surface area contributed by atoms with E-state index in [1.54, 1.807) is 0 Å². The first-order valence-electron chi connectivity index (χ1n) is 10.8. The van der Waals surface area contributed by atoms with Crippen molar-refractivity contribution in [2.24, 2.45) is 4.99 Å². The number of para-hydroxylation sites is 1. The molecule has 1 atom stereocenters. The molecule has 154 valence electrons. The highest BCUT2D eigenvalue weighted by molar-refractivity contribution is 5.80. The molecular formula is C24H32N4O. The standard InChI is InChI=1S/C24H32N4O/c1-25-24(26-17-20-13-16-29-23-10-6-5-9-22(20)23)27-21-11-14-28(15-12-21)18-19-7-3-2-4-8-19/h2-10,20-21H,11-18H2,1H3,(H2,25,26,27). The highest BCUT2D eigenvalue weighted by atomic mass is 16.5. The van der Waals surface area contributed by atoms with E-state index in [0.717, 1.165) is 63.8 Å². The van der Waals surface area contributed by atoms with Crippen LogP contribution in [0.2, 0.25) is 0 Å². The molecule has 0 bridgehead atoms. The minimum absolute atomic E-state index is 0.464. The maximum Gasteiger partial charge on any atom is 0.191 e. The van der Waals surface area contributed by atoms with Gasteiger partial charge in [0.05, 0.1) is 6.61 Å². The Balaban J connectivity index is 1.23. The van der Waals surface area contributed by atoms with E-state index in [2.05, 4.69) is 69.1 Å². The summed E-state index contributed by atoms with van der Waals surface area (Å²) in [5.74, 6) is 2.40. The third kappa shape index (κ3) is 5.30. The second-order valence-corrected chi connectivity index (χ2v) is 8.01. The molecule has 0 saturated carbocycles. The van der Waals surface area contributed by atoms with Crippen LogP contribution in [0.5, 0.6) is 5.75 Å². The predicted octanol–water partition coefficient (Wildman–Crippen LogP) is 3.38. The van der Waals surface area contributed by atoms with Gasteiger partial charge in [-0.15, -0.1) is 0 Å². The van der Waals surface area contributed by atoms with Crippen molar-refractivity contribution in [3.05, 3.63) is 65.7 Å². The van der Waals surface area contributed by atoms with Gasteiger partial charge in [-0.2, -0.15) is 0 Å². The Labute approximate surface area is 174 Å². The Kier molecular flexibility index (Phi) is 6.67. The van der Waals surface area contributed by atoms with Crippen LogP contribution in [0.1, 0.15) is 36.3 Å². The first-order chi connectivity index (χ1) is 14.3. The molecule has 0 aliphatic carbocycles. The van der Waals surface area contributed by atoms with E-state index in [4.69, 9.17) is 4.74 Å². The number of ether oxygens (including phenoxy) is 1. The molecule has 0 amide bonds. The van der Waals surface area contributed by atoms with Crippen LogP contribution in [0.15, 0.2) is 59.6 Å². The third-order valence-corrected chi connectivity index (χ3v) is 6.00. The molecule has 1 saturated heterocycles. The largest absolute Gasteiger partial charge is 0.493 e. The molecule has 0 radical (unpaired) electrons. The molecule has 1 unspecified atom stereocenters. The first-order valence-corrected chi connectivity index (χ1v) is 10.8. The highest BCUT2D eigenvalue weighted by Gasteiger charge is 2.23. The lowest BCUT2D eigenvalue weighted by molar-refractivity contribution is 0.198. The average molecular weight is 393 g/mol. The zero-order chi connectivity index (χ0) is 19.9. The van der Waals surface area contributed by atoms with Gasteiger partial charge in [-0.25, -0.2) is 0 Å². The molecule has 0 spiro atoms. The molecule has 2 aliphatic rings. The van der Waals surface area contributed by atoms with Crippen molar-refractivity contribution >= 4 is 5.96 Å². The summed E-state index contributed by atoms with van der Waals surface area (Å²) in [5.41, 5.74) is 2.70. The highest BCUT2D eigenvalue weighted by Crippen LogP contribution is 2.32. The summed E-state index contributed by atoms with van der Waals surface area (Å²) >= 11 is 0. The Morgan fingerprint density at radius 3 is 2.59 bits per heavy atom. The maximum absolute atomic E-state index is 5.78. The molecule has 2 aliphatic heterocycles. The summed E-state index contributed by atoms with van der Waals surface area (Å²) in [7, 11) is 1.86. The maximum atomic E-state index is 5.78. The minimum Gasteiger partial charge on any atom is -0.493 e. The Hall–Kier alpha value is -2.53. The SMILES string of the molecule is CN=C(NCC1CCOc2ccccc21)NC1CCN(Cc2ccccc2)CC1. The number of nitrogens with zero attached hydrogens (tertiary/aromatic N) is 2. The molecular weight excluding hydrogens is 360 g/mol. The van der Waals surface area contributed by atoms with E-state index < -0.39 is 0 Å². The zero-order valence-electron chi connectivity index (χ0n) is 17.3. The van der Waals surface area contributed by atoms with Crippen molar-refractivity contribution < 1.29 is 4.74 Å². The number of piperidine rings is 1. The van der Waals surface area contributed by atoms with Crippen molar-refractivity contribution in [1.29, 1.82) is 0 Å². The Bertz CT molecular complexity index is 800. The molecule has 5 heteroatoms. The lowest BCUT2D eigenvalue weighted by atomic mass is 9.93. The van der Waals surface area contributed by atoms with Gasteiger partial charge in [0.25, 0.3) is 0 Å². The quantitative estimate of drug-likeness (QED) is 0.605. The van der Waals surface area contributed by atoms with Gasteiger partial charge in [-0.1, -0.05) is 48.5 Å². The van der Waals surface area contributed by atoms with Crippen molar-refractivity contribution in [1.82, 2.24) is 15.5 Å². The van der Waals surface area contributed by atoms with Crippen LogP contribution < -0.4 is 15.4 Å². The molecule has 1 fully saturated rings. The lowest BCUT2D eigenvalue weighted by Gasteiger charge is -2.33. The van der Waals surface area contributed by atoms with Crippen molar-refractivity contribution in [2.45, 2.75) is 37.8 Å². The summed E-state index contributed by atoms with van der Waals surface area (Å²) in [6.45, 7) is 4.96. The van der Waals surface area contributed by atoms with E-state index in [1.165, 1.54) is 11.1 Å². The van der Waals surface area contributed by atoms with Crippen LogP contribution >= 0.6 is 0 Å². The van der Waals surface area contributed by atoms with E-state index in [-0.39, 0.29) is 0 Å². The zero-order valence-corrected chi connectivity index (χ0v) is 17.3. The molecule has 2 aromatic rings. The smallest absolute Gasteiger partial charge is 0.191 e. The molecule has 29 heavy (non-hydrogen) atoms. The van der Waals surface area contributed by atoms with Gasteiger partial charge >= 0.3 is 0 Å². The Morgan fingerprint density at radius 1 is 1.03 bits per heavy atom. The van der Waals surface area contributed by atoms with Crippen LogP contribution in [-0.4, -0.2) is 50.2 Å². The number of benzene rings is 2. The summed E-state index contributed by atoms with van der Waals surface area (Å²) < 4.78 is 5.78. The number of aliphatic imine (C=N–C) groups is 1. The minimum atomic E-state index is 0.464. The van der Waals surface area contributed by atoms with Gasteiger partial charge in [0, 0.05) is 45.2 Å². The second kappa shape index (κ2) is 9.79. The van der Waals surface area contributed by atoms with Crippen LogP contribution in [-0.2, 0) is 6.54 Å². The fraction of sp³-hybridized carbons (Fsp3) is 0.458. The summed E-state index contributed by atoms with van der Waals surface area (Å²) in [4.78, 5) is 7.00. The summed E-state index contributed by atoms with van der Waals surface area (Å²) in [6, 6.07) is 19.6. The van der Waals surface area contributed by atoms with E-state index >= 15 is 0 Å². The van der Waals surface area contributed by atoms with Crippen molar-refractivity contribution in [2.75, 3.05) is 33.3 Å². The van der Waals surface area contributed by atoms with Gasteiger partial charge in [0.1, 0.15) is 5.75 Å². The number of guanidine groups is 1. The number of likely N-dealkylation sites (tertiary alicyclic amines) is 1. The first kappa shape index (κ1) is 19.8. The van der Waals surface area contributed by atoms with Gasteiger partial charge in [-0.05, 0) is 36.5 Å². The fourth-order valence-corrected chi connectivity index (χ4v) is 4.31. The van der Waals surface area contributed by atoms with E-state index in [0.29, 0.717) is 12.0 Å². The van der Waals surface area contributed by atoms with Crippen LogP contribution in [0.3, 0.4) is 0 Å². The second-order valence-electron chi connectivity index (χ2n) is 8.01. The third-order valence-electron chi connectivity index (χ3n) is 6.00. The van der Waals surface area contributed by atoms with Crippen LogP contribution in [0.25, 0.3) is 0 Å². The molecule has 5 nitrogen and oxygen atoms in total. The van der Waals surface area contributed by atoms with E-state index in [9.17, 15) is 0 Å². The van der Waals surface area contributed by atoms with Gasteiger partial charge < -0.3 is 15.4 Å². The van der Waals surface area contributed by atoms with Crippen molar-refractivity contribution in [3.8, 4) is 5.75 Å². The van der Waals surface area contributed by atoms with Gasteiger partial charge in [0.15, 0.2) is 5.96 Å². The lowest BCUT2D eigenvalue weighted by Crippen LogP contribution is -2.49. The van der Waals surface area contributed by atoms with E-state index in [1.807, 2.05) is 13.1 Å². The molecule has 2 N–H and O–H groups in total. The van der Waals surface area contributed by atoms with Crippen LogP contribution in [0.4, 0.5) is 0 Å². The number of nitrogens with one attached hydrogen (secondary N) is 2. The molecule has 2 heterocycles. The number of rotatable bonds is 5. The van der Waals surface area contributed by atoms with Crippen LogP contribution in [0, 0.1) is 0 Å².